The Bertz CT molecular complexity index is 1140. The summed E-state index contributed by atoms with van der Waals surface area (Å²) in [5.74, 6) is 0.569. The van der Waals surface area contributed by atoms with E-state index in [0.717, 1.165) is 31.3 Å². The second-order valence-electron chi connectivity index (χ2n) is 11.6. The van der Waals surface area contributed by atoms with E-state index in [2.05, 4.69) is 11.6 Å². The zero-order chi connectivity index (χ0) is 28.7. The Morgan fingerprint density at radius 2 is 1.70 bits per heavy atom. The monoisotopic (exact) mass is 551 g/mol. The SMILES string of the molecule is C=C1C=CN=C(N(C(=O)c2ccc(OCC(=O)OC3CCCCC3)cc2)C2CCN(C(=O)OC(C)(C)C)CC2)C1. The molecule has 2 amide bonds. The van der Waals surface area contributed by atoms with E-state index >= 15 is 0 Å². The molecule has 0 radical (unpaired) electrons. The number of ether oxygens (including phenoxy) is 3. The number of amides is 2. The van der Waals surface area contributed by atoms with Crippen LogP contribution in [0.4, 0.5) is 4.79 Å². The van der Waals surface area contributed by atoms with Crippen LogP contribution in [0.1, 0.15) is 82.5 Å². The van der Waals surface area contributed by atoms with Crippen LogP contribution in [0.5, 0.6) is 5.75 Å². The topological polar surface area (TPSA) is 97.7 Å². The number of nitrogens with zero attached hydrogens (tertiary/aromatic N) is 3. The molecular weight excluding hydrogens is 510 g/mol. The molecule has 3 aliphatic rings. The quantitative estimate of drug-likeness (QED) is 0.424. The van der Waals surface area contributed by atoms with Gasteiger partial charge in [-0.15, -0.1) is 0 Å². The molecule has 0 atom stereocenters. The number of allylic oxidation sites excluding steroid dienone is 1. The molecule has 40 heavy (non-hydrogen) atoms. The fourth-order valence-electron chi connectivity index (χ4n) is 5.19. The third-order valence-corrected chi connectivity index (χ3v) is 7.21. The molecule has 4 rings (SSSR count). The lowest BCUT2D eigenvalue weighted by atomic mass is 9.98. The third kappa shape index (κ3) is 8.19. The first kappa shape index (κ1) is 29.4. The summed E-state index contributed by atoms with van der Waals surface area (Å²) < 4.78 is 16.7. The molecule has 9 heteroatoms. The van der Waals surface area contributed by atoms with E-state index < -0.39 is 5.60 Å². The van der Waals surface area contributed by atoms with Gasteiger partial charge in [-0.25, -0.2) is 14.6 Å². The molecule has 216 valence electrons. The fourth-order valence-corrected chi connectivity index (χ4v) is 5.19. The van der Waals surface area contributed by atoms with Gasteiger partial charge in [-0.2, -0.15) is 0 Å². The number of benzene rings is 1. The van der Waals surface area contributed by atoms with E-state index in [-0.39, 0.29) is 36.7 Å². The average molecular weight is 552 g/mol. The number of carbonyl (C=O) groups is 3. The molecule has 1 saturated carbocycles. The summed E-state index contributed by atoms with van der Waals surface area (Å²) in [7, 11) is 0. The zero-order valence-corrected chi connectivity index (χ0v) is 23.9. The van der Waals surface area contributed by atoms with Crippen LogP contribution in [0.25, 0.3) is 0 Å². The van der Waals surface area contributed by atoms with Crippen LogP contribution in [0, 0.1) is 0 Å². The lowest BCUT2D eigenvalue weighted by molar-refractivity contribution is -0.152. The summed E-state index contributed by atoms with van der Waals surface area (Å²) in [6, 6.07) is 6.63. The molecule has 2 fully saturated rings. The van der Waals surface area contributed by atoms with Gasteiger partial charge < -0.3 is 19.1 Å². The summed E-state index contributed by atoms with van der Waals surface area (Å²) in [6.45, 7) is 10.4. The van der Waals surface area contributed by atoms with Crippen molar-refractivity contribution in [1.82, 2.24) is 9.80 Å². The van der Waals surface area contributed by atoms with Crippen LogP contribution in [0.2, 0.25) is 0 Å². The normalized spacial score (nSPS) is 18.6. The standard InChI is InChI=1S/C31H41N3O6/c1-22-14-17-32-27(20-22)34(24-15-18-33(19-16-24)30(37)40-31(2,3)4)29(36)23-10-12-25(13-11-23)38-21-28(35)39-26-8-6-5-7-9-26/h10-14,17,24,26H,1,5-9,15-16,18-21H2,2-4H3. The number of carbonyl (C=O) groups excluding carboxylic acids is 3. The molecule has 9 nitrogen and oxygen atoms in total. The van der Waals surface area contributed by atoms with Gasteiger partial charge in [0.15, 0.2) is 6.61 Å². The van der Waals surface area contributed by atoms with Gasteiger partial charge in [0, 0.05) is 37.3 Å². The smallest absolute Gasteiger partial charge is 0.410 e. The Balaban J connectivity index is 1.39. The highest BCUT2D eigenvalue weighted by Crippen LogP contribution is 2.26. The van der Waals surface area contributed by atoms with Gasteiger partial charge in [0.2, 0.25) is 0 Å². The van der Waals surface area contributed by atoms with Crippen LogP contribution >= 0.6 is 0 Å². The number of rotatable bonds is 6. The molecule has 0 bridgehead atoms. The van der Waals surface area contributed by atoms with Crippen molar-refractivity contribution in [2.75, 3.05) is 19.7 Å². The van der Waals surface area contributed by atoms with Gasteiger partial charge in [0.1, 0.15) is 23.3 Å². The van der Waals surface area contributed by atoms with Gasteiger partial charge in [0.25, 0.3) is 5.91 Å². The van der Waals surface area contributed by atoms with E-state index in [1.54, 1.807) is 40.3 Å². The predicted octanol–water partition coefficient (Wildman–Crippen LogP) is 5.66. The number of amidine groups is 1. The Morgan fingerprint density at radius 3 is 2.33 bits per heavy atom. The summed E-state index contributed by atoms with van der Waals surface area (Å²) in [5, 5.41) is 0. The van der Waals surface area contributed by atoms with Gasteiger partial charge in [0.05, 0.1) is 0 Å². The lowest BCUT2D eigenvalue weighted by Gasteiger charge is -2.39. The van der Waals surface area contributed by atoms with E-state index in [1.807, 2.05) is 26.8 Å². The van der Waals surface area contributed by atoms with Gasteiger partial charge in [-0.05, 0) is 95.2 Å². The third-order valence-electron chi connectivity index (χ3n) is 7.21. The molecule has 1 aliphatic carbocycles. The van der Waals surface area contributed by atoms with Crippen molar-refractivity contribution < 1.29 is 28.6 Å². The van der Waals surface area contributed by atoms with Crippen molar-refractivity contribution in [2.45, 2.75) is 89.9 Å². The number of hydrogen-bond donors (Lipinski definition) is 0. The van der Waals surface area contributed by atoms with E-state index in [4.69, 9.17) is 14.2 Å². The van der Waals surface area contributed by atoms with Crippen molar-refractivity contribution in [3.05, 3.63) is 54.3 Å². The summed E-state index contributed by atoms with van der Waals surface area (Å²) in [6.07, 6.45) is 10.0. The Labute approximate surface area is 236 Å². The van der Waals surface area contributed by atoms with Crippen LogP contribution in [0.15, 0.2) is 53.7 Å². The highest BCUT2D eigenvalue weighted by Gasteiger charge is 2.34. The highest BCUT2D eigenvalue weighted by atomic mass is 16.6. The number of aliphatic imine (C=N–C) groups is 1. The first-order valence-electron chi connectivity index (χ1n) is 14.2. The van der Waals surface area contributed by atoms with Gasteiger partial charge >= 0.3 is 12.1 Å². The first-order chi connectivity index (χ1) is 19.1. The number of piperidine rings is 1. The van der Waals surface area contributed by atoms with Crippen molar-refractivity contribution in [1.29, 1.82) is 0 Å². The second-order valence-corrected chi connectivity index (χ2v) is 11.6. The zero-order valence-electron chi connectivity index (χ0n) is 23.9. The maximum atomic E-state index is 13.8. The minimum absolute atomic E-state index is 0.0135. The molecule has 1 aromatic rings. The molecule has 1 aromatic carbocycles. The maximum Gasteiger partial charge on any atom is 0.410 e. The molecule has 0 unspecified atom stereocenters. The molecule has 2 heterocycles. The molecule has 2 aliphatic heterocycles. The molecule has 0 N–H and O–H groups in total. The minimum Gasteiger partial charge on any atom is -0.482 e. The highest BCUT2D eigenvalue weighted by molar-refractivity contribution is 6.07. The summed E-state index contributed by atoms with van der Waals surface area (Å²) >= 11 is 0. The fraction of sp³-hybridized carbons (Fsp3) is 0.548. The number of likely N-dealkylation sites (tertiary alicyclic amines) is 1. The van der Waals surface area contributed by atoms with Crippen molar-refractivity contribution in [2.24, 2.45) is 4.99 Å². The molecular formula is C31H41N3O6. The van der Waals surface area contributed by atoms with Gasteiger partial charge in [-0.3, -0.25) is 9.69 Å². The minimum atomic E-state index is -0.564. The molecule has 0 aromatic heterocycles. The average Bonchev–Trinajstić information content (AvgIpc) is 2.92. The lowest BCUT2D eigenvalue weighted by Crippen LogP contribution is -2.51. The molecule has 1 saturated heterocycles. The Morgan fingerprint density at radius 1 is 1.02 bits per heavy atom. The number of esters is 1. The van der Waals surface area contributed by atoms with E-state index in [9.17, 15) is 14.4 Å². The van der Waals surface area contributed by atoms with E-state index in [1.165, 1.54) is 6.42 Å². The van der Waals surface area contributed by atoms with E-state index in [0.29, 0.717) is 49.5 Å². The van der Waals surface area contributed by atoms with Crippen LogP contribution < -0.4 is 4.74 Å². The molecule has 0 spiro atoms. The van der Waals surface area contributed by atoms with Gasteiger partial charge in [-0.1, -0.05) is 13.0 Å². The largest absolute Gasteiger partial charge is 0.482 e. The predicted molar refractivity (Wildman–Crippen MR) is 152 cm³/mol. The summed E-state index contributed by atoms with van der Waals surface area (Å²) in [4.78, 5) is 46.5. The Kier molecular flexibility index (Phi) is 9.66. The van der Waals surface area contributed by atoms with Crippen molar-refractivity contribution in [3.8, 4) is 5.75 Å². The van der Waals surface area contributed by atoms with Crippen molar-refractivity contribution in [3.63, 3.8) is 0 Å². The van der Waals surface area contributed by atoms with Crippen LogP contribution in [-0.2, 0) is 14.3 Å². The Hall–Kier alpha value is -3.62. The second kappa shape index (κ2) is 13.2. The number of hydrogen-bond acceptors (Lipinski definition) is 7. The summed E-state index contributed by atoms with van der Waals surface area (Å²) in [5.41, 5.74) is 0.790. The maximum absolute atomic E-state index is 13.8. The van der Waals surface area contributed by atoms with Crippen LogP contribution in [-0.4, -0.2) is 71.0 Å². The van der Waals surface area contributed by atoms with Crippen molar-refractivity contribution >= 4 is 23.8 Å². The van der Waals surface area contributed by atoms with Crippen LogP contribution in [0.3, 0.4) is 0 Å². The first-order valence-corrected chi connectivity index (χ1v) is 14.2.